The number of aromatic nitrogens is 2. The van der Waals surface area contributed by atoms with Crippen molar-refractivity contribution in [2.45, 2.75) is 85.3 Å². The number of Topliss-reactive ketones (excluding diaryl/α,β-unsaturated/α-hetero) is 1. The summed E-state index contributed by atoms with van der Waals surface area (Å²) < 4.78 is 6.52. The Kier molecular flexibility index (Phi) is 11.3. The van der Waals surface area contributed by atoms with Crippen LogP contribution in [-0.4, -0.2) is 39.9 Å². The summed E-state index contributed by atoms with van der Waals surface area (Å²) in [5.74, 6) is -1.62. The number of ether oxygens (including phenoxy) is 1. The third-order valence-corrected chi connectivity index (χ3v) is 6.06. The maximum atomic E-state index is 13.2. The van der Waals surface area contributed by atoms with Crippen LogP contribution in [0.5, 0.6) is 0 Å². The van der Waals surface area contributed by atoms with E-state index < -0.39 is 29.2 Å². The molecule has 2 rings (SSSR count). The number of aryl methyl sites for hydroxylation is 1. The SMILES string of the molecule is CCCCCN(C(=O)CCC(=O)OC(C)C(=O)c1ccc(C)cc1)c1c(N)n(CCCC)c(=O)[nH]c1=O. The molecule has 0 aliphatic heterocycles. The molecular formula is C27H38N4O6. The first-order chi connectivity index (χ1) is 17.6. The highest BCUT2D eigenvalue weighted by atomic mass is 16.5. The van der Waals surface area contributed by atoms with Crippen LogP contribution in [-0.2, 0) is 20.9 Å². The van der Waals surface area contributed by atoms with Crippen LogP contribution in [0.1, 0.15) is 81.6 Å². The number of nitrogen functional groups attached to an aromatic ring is 1. The molecule has 202 valence electrons. The number of hydrogen-bond acceptors (Lipinski definition) is 7. The molecule has 1 atom stereocenters. The van der Waals surface area contributed by atoms with E-state index in [1.165, 1.54) is 16.4 Å². The molecule has 37 heavy (non-hydrogen) atoms. The predicted octanol–water partition coefficient (Wildman–Crippen LogP) is 3.35. The molecule has 0 saturated heterocycles. The second-order valence-electron chi connectivity index (χ2n) is 9.11. The van der Waals surface area contributed by atoms with Crippen molar-refractivity contribution in [1.29, 1.82) is 0 Å². The Labute approximate surface area is 216 Å². The second-order valence-corrected chi connectivity index (χ2v) is 9.11. The number of H-pyrrole nitrogens is 1. The van der Waals surface area contributed by atoms with E-state index in [1.807, 2.05) is 20.8 Å². The minimum Gasteiger partial charge on any atom is -0.454 e. The smallest absolute Gasteiger partial charge is 0.330 e. The summed E-state index contributed by atoms with van der Waals surface area (Å²) in [5, 5.41) is 0. The van der Waals surface area contributed by atoms with Crippen molar-refractivity contribution >= 4 is 29.2 Å². The van der Waals surface area contributed by atoms with E-state index in [0.717, 1.165) is 24.8 Å². The molecule has 0 saturated carbocycles. The number of hydrogen-bond donors (Lipinski definition) is 2. The monoisotopic (exact) mass is 514 g/mol. The molecule has 1 aromatic heterocycles. The van der Waals surface area contributed by atoms with E-state index in [1.54, 1.807) is 24.3 Å². The number of carbonyl (C=O) groups is 3. The number of anilines is 2. The average Bonchev–Trinajstić information content (AvgIpc) is 2.86. The van der Waals surface area contributed by atoms with E-state index in [2.05, 4.69) is 4.98 Å². The molecule has 0 bridgehead atoms. The van der Waals surface area contributed by atoms with E-state index in [0.29, 0.717) is 24.9 Å². The lowest BCUT2D eigenvalue weighted by Gasteiger charge is -2.24. The molecule has 0 aliphatic carbocycles. The van der Waals surface area contributed by atoms with E-state index in [-0.39, 0.29) is 36.7 Å². The highest BCUT2D eigenvalue weighted by Crippen LogP contribution is 2.20. The molecule has 0 radical (unpaired) electrons. The molecule has 1 unspecified atom stereocenters. The van der Waals surface area contributed by atoms with Crippen LogP contribution >= 0.6 is 0 Å². The Morgan fingerprint density at radius 1 is 1.03 bits per heavy atom. The fourth-order valence-corrected chi connectivity index (χ4v) is 3.86. The highest BCUT2D eigenvalue weighted by molar-refractivity contribution is 6.00. The number of carbonyl (C=O) groups excluding carboxylic acids is 3. The largest absolute Gasteiger partial charge is 0.454 e. The van der Waals surface area contributed by atoms with Crippen molar-refractivity contribution in [2.24, 2.45) is 0 Å². The summed E-state index contributed by atoms with van der Waals surface area (Å²) >= 11 is 0. The number of esters is 1. The van der Waals surface area contributed by atoms with Crippen LogP contribution in [0, 0.1) is 6.92 Å². The van der Waals surface area contributed by atoms with Gasteiger partial charge in [-0.1, -0.05) is 62.9 Å². The van der Waals surface area contributed by atoms with Gasteiger partial charge in [0, 0.05) is 25.1 Å². The first kappa shape index (κ1) is 29.5. The fraction of sp³-hybridized carbons (Fsp3) is 0.519. The number of nitrogens with one attached hydrogen (secondary N) is 1. The summed E-state index contributed by atoms with van der Waals surface area (Å²) in [6.45, 7) is 7.88. The van der Waals surface area contributed by atoms with Gasteiger partial charge in [-0.3, -0.25) is 28.7 Å². The summed E-state index contributed by atoms with van der Waals surface area (Å²) in [4.78, 5) is 66.7. The van der Waals surface area contributed by atoms with Crippen molar-refractivity contribution in [3.63, 3.8) is 0 Å². The molecular weight excluding hydrogens is 476 g/mol. The van der Waals surface area contributed by atoms with Crippen molar-refractivity contribution in [2.75, 3.05) is 17.2 Å². The number of nitrogens with zero attached hydrogens (tertiary/aromatic N) is 2. The molecule has 0 fully saturated rings. The lowest BCUT2D eigenvalue weighted by atomic mass is 10.1. The van der Waals surface area contributed by atoms with E-state index >= 15 is 0 Å². The van der Waals surface area contributed by atoms with Crippen molar-refractivity contribution in [3.8, 4) is 0 Å². The van der Waals surface area contributed by atoms with Gasteiger partial charge in [0.2, 0.25) is 11.7 Å². The van der Waals surface area contributed by atoms with Gasteiger partial charge in [-0.2, -0.15) is 0 Å². The van der Waals surface area contributed by atoms with Gasteiger partial charge in [-0.05, 0) is 26.7 Å². The Balaban J connectivity index is 2.16. The van der Waals surface area contributed by atoms with Gasteiger partial charge in [0.15, 0.2) is 11.8 Å². The van der Waals surface area contributed by atoms with Gasteiger partial charge in [-0.15, -0.1) is 0 Å². The topological polar surface area (TPSA) is 145 Å². The van der Waals surface area contributed by atoms with Gasteiger partial charge in [-0.25, -0.2) is 4.79 Å². The zero-order valence-electron chi connectivity index (χ0n) is 22.2. The fourth-order valence-electron chi connectivity index (χ4n) is 3.86. The number of benzene rings is 1. The lowest BCUT2D eigenvalue weighted by Crippen LogP contribution is -2.41. The van der Waals surface area contributed by atoms with Crippen LogP contribution in [0.15, 0.2) is 33.9 Å². The predicted molar refractivity (Wildman–Crippen MR) is 143 cm³/mol. The minimum absolute atomic E-state index is 0.0769. The molecule has 3 N–H and O–H groups in total. The molecule has 2 aromatic rings. The number of aromatic amines is 1. The number of unbranched alkanes of at least 4 members (excludes halogenated alkanes) is 3. The van der Waals surface area contributed by atoms with Crippen LogP contribution in [0.3, 0.4) is 0 Å². The summed E-state index contributed by atoms with van der Waals surface area (Å²) in [5.41, 5.74) is 6.17. The lowest BCUT2D eigenvalue weighted by molar-refractivity contribution is -0.147. The maximum absolute atomic E-state index is 13.2. The highest BCUT2D eigenvalue weighted by Gasteiger charge is 2.25. The van der Waals surface area contributed by atoms with Gasteiger partial charge in [0.1, 0.15) is 5.82 Å². The first-order valence-electron chi connectivity index (χ1n) is 12.8. The number of rotatable bonds is 14. The van der Waals surface area contributed by atoms with Crippen LogP contribution < -0.4 is 21.9 Å². The Morgan fingerprint density at radius 2 is 1.68 bits per heavy atom. The van der Waals surface area contributed by atoms with Crippen LogP contribution in [0.25, 0.3) is 0 Å². The summed E-state index contributed by atoms with van der Waals surface area (Å²) in [6.07, 6.45) is 2.27. The number of ketones is 1. The Bertz CT molecular complexity index is 1200. The van der Waals surface area contributed by atoms with Crippen molar-refractivity contribution in [1.82, 2.24) is 9.55 Å². The second kappa shape index (κ2) is 14.2. The molecule has 1 heterocycles. The Hall–Kier alpha value is -3.69. The molecule has 10 nitrogen and oxygen atoms in total. The first-order valence-corrected chi connectivity index (χ1v) is 12.8. The standard InChI is InChI=1S/C27H38N4O6/c1-5-7-9-17-30(23-25(28)31(16-8-6-2)27(36)29-26(23)35)21(32)14-15-22(33)37-19(4)24(34)20-12-10-18(3)11-13-20/h10-13,19H,5-9,14-17,28H2,1-4H3,(H,29,35,36). The van der Waals surface area contributed by atoms with Gasteiger partial charge in [0.05, 0.1) is 6.42 Å². The van der Waals surface area contributed by atoms with E-state index in [9.17, 15) is 24.0 Å². The zero-order valence-corrected chi connectivity index (χ0v) is 22.2. The molecule has 1 amide bonds. The molecule has 1 aromatic carbocycles. The molecule has 10 heteroatoms. The third-order valence-electron chi connectivity index (χ3n) is 6.06. The van der Waals surface area contributed by atoms with Gasteiger partial charge < -0.3 is 15.4 Å². The Morgan fingerprint density at radius 3 is 2.30 bits per heavy atom. The maximum Gasteiger partial charge on any atom is 0.330 e. The van der Waals surface area contributed by atoms with E-state index in [4.69, 9.17) is 10.5 Å². The molecule has 0 aliphatic rings. The van der Waals surface area contributed by atoms with Crippen LogP contribution in [0.4, 0.5) is 11.5 Å². The number of nitrogens with two attached hydrogens (primary N) is 1. The average molecular weight is 515 g/mol. The zero-order chi connectivity index (χ0) is 27.5. The third kappa shape index (κ3) is 8.16. The quantitative estimate of drug-likeness (QED) is 0.223. The number of amides is 1. The molecule has 0 spiro atoms. The van der Waals surface area contributed by atoms with Crippen molar-refractivity contribution in [3.05, 3.63) is 56.2 Å². The van der Waals surface area contributed by atoms with Gasteiger partial charge in [0.25, 0.3) is 5.56 Å². The van der Waals surface area contributed by atoms with Crippen LogP contribution in [0.2, 0.25) is 0 Å². The minimum atomic E-state index is -1.01. The normalized spacial score (nSPS) is 11.7. The van der Waals surface area contributed by atoms with Crippen molar-refractivity contribution < 1.29 is 19.1 Å². The summed E-state index contributed by atoms with van der Waals surface area (Å²) in [6, 6.07) is 6.93. The van der Waals surface area contributed by atoms with Gasteiger partial charge >= 0.3 is 11.7 Å². The summed E-state index contributed by atoms with van der Waals surface area (Å²) in [7, 11) is 0.